The van der Waals surface area contributed by atoms with Gasteiger partial charge in [0, 0.05) is 62.6 Å². The van der Waals surface area contributed by atoms with Gasteiger partial charge in [-0.05, 0) is 119 Å². The molecule has 46 heavy (non-hydrogen) atoms. The van der Waals surface area contributed by atoms with Crippen molar-refractivity contribution in [2.45, 2.75) is 146 Å². The summed E-state index contributed by atoms with van der Waals surface area (Å²) in [6, 6.07) is 8.27. The van der Waals surface area contributed by atoms with Crippen molar-refractivity contribution in [1.29, 1.82) is 0 Å². The second-order valence-electron chi connectivity index (χ2n) is 16.5. The maximum absolute atomic E-state index is 7.39. The minimum absolute atomic E-state index is 0.0239. The molecule has 256 valence electrons. The van der Waals surface area contributed by atoms with Crippen LogP contribution in [0, 0.1) is 31.1 Å². The van der Waals surface area contributed by atoms with Gasteiger partial charge in [-0.2, -0.15) is 0 Å². The van der Waals surface area contributed by atoms with Crippen LogP contribution in [0.5, 0.6) is 0 Å². The SMILES string of the molecule is Cc1cccc(C)c1C1CC2NC(NSC3CCCC(C3)CN(CCC3CCOCC3)[C@@H]3CN(C4CC5(CCCC5)C4)C[C@H]3O2)N1. The Bertz CT molecular complexity index is 1150. The van der Waals surface area contributed by atoms with Gasteiger partial charge in [-0.25, -0.2) is 4.72 Å². The summed E-state index contributed by atoms with van der Waals surface area (Å²) in [5, 5.41) is 8.55. The number of hydrogen-bond acceptors (Lipinski definition) is 8. The molecule has 1 aromatic rings. The summed E-state index contributed by atoms with van der Waals surface area (Å²) in [5.41, 5.74) is 4.90. The summed E-state index contributed by atoms with van der Waals surface area (Å²) in [7, 11) is 0. The van der Waals surface area contributed by atoms with E-state index in [1.165, 1.54) is 120 Å². The highest BCUT2D eigenvalue weighted by atomic mass is 32.2. The molecule has 8 heteroatoms. The summed E-state index contributed by atoms with van der Waals surface area (Å²) in [6.45, 7) is 11.2. The zero-order valence-electron chi connectivity index (χ0n) is 28.7. The summed E-state index contributed by atoms with van der Waals surface area (Å²) < 4.78 is 17.0. The number of aryl methyl sites for hydroxylation is 2. The smallest absolute Gasteiger partial charge is 0.123 e. The van der Waals surface area contributed by atoms with Crippen LogP contribution in [-0.2, 0) is 9.47 Å². The highest BCUT2D eigenvalue weighted by Crippen LogP contribution is 2.55. The van der Waals surface area contributed by atoms with Crippen molar-refractivity contribution in [2.24, 2.45) is 17.3 Å². The Hall–Kier alpha value is -0.710. The molecule has 5 unspecified atom stereocenters. The van der Waals surface area contributed by atoms with Crippen molar-refractivity contribution in [3.05, 3.63) is 34.9 Å². The van der Waals surface area contributed by atoms with E-state index in [2.05, 4.69) is 57.2 Å². The normalized spacial score (nSPS) is 38.1. The minimum Gasteiger partial charge on any atom is -0.381 e. The fraction of sp³-hybridized carbons (Fsp3) is 0.842. The maximum atomic E-state index is 7.39. The van der Waals surface area contributed by atoms with Crippen LogP contribution in [0.4, 0.5) is 0 Å². The molecule has 8 rings (SSSR count). The van der Waals surface area contributed by atoms with E-state index in [1.807, 2.05) is 11.9 Å². The molecule has 1 spiro atoms. The lowest BCUT2D eigenvalue weighted by Gasteiger charge is -2.49. The Morgan fingerprint density at radius 2 is 1.72 bits per heavy atom. The zero-order chi connectivity index (χ0) is 31.1. The molecule has 0 aromatic heterocycles. The predicted molar refractivity (Wildman–Crippen MR) is 187 cm³/mol. The summed E-state index contributed by atoms with van der Waals surface area (Å²) in [4.78, 5) is 5.86. The van der Waals surface area contributed by atoms with E-state index < -0.39 is 0 Å². The van der Waals surface area contributed by atoms with Crippen LogP contribution < -0.4 is 15.4 Å². The molecule has 1 aromatic carbocycles. The molecule has 7 nitrogen and oxygen atoms in total. The van der Waals surface area contributed by atoms with E-state index in [9.17, 15) is 0 Å². The molecule has 7 atom stereocenters. The van der Waals surface area contributed by atoms with Crippen molar-refractivity contribution in [3.63, 3.8) is 0 Å². The Labute approximate surface area is 283 Å². The number of hydrogen-bond donors (Lipinski definition) is 3. The number of ether oxygens (including phenoxy) is 2. The van der Waals surface area contributed by atoms with Crippen molar-refractivity contribution in [3.8, 4) is 0 Å². The van der Waals surface area contributed by atoms with Gasteiger partial charge in [0.1, 0.15) is 12.5 Å². The van der Waals surface area contributed by atoms with Gasteiger partial charge in [0.2, 0.25) is 0 Å². The lowest BCUT2D eigenvalue weighted by Crippen LogP contribution is -2.62. The van der Waals surface area contributed by atoms with Crippen LogP contribution in [0.3, 0.4) is 0 Å². The van der Waals surface area contributed by atoms with Crippen LogP contribution in [-0.4, -0.2) is 85.1 Å². The lowest BCUT2D eigenvalue weighted by atomic mass is 9.64. The van der Waals surface area contributed by atoms with E-state index in [-0.39, 0.29) is 24.7 Å². The second kappa shape index (κ2) is 14.3. The van der Waals surface area contributed by atoms with Gasteiger partial charge < -0.3 is 9.47 Å². The fourth-order valence-electron chi connectivity index (χ4n) is 10.8. The number of fused-ring (bicyclic) bond motifs is 5. The molecule has 3 aliphatic carbocycles. The van der Waals surface area contributed by atoms with Crippen LogP contribution in [0.2, 0.25) is 0 Å². The number of nitrogens with zero attached hydrogens (tertiary/aromatic N) is 2. The molecule has 7 aliphatic rings. The highest BCUT2D eigenvalue weighted by molar-refractivity contribution is 7.98. The second-order valence-corrected chi connectivity index (χ2v) is 17.7. The molecule has 7 fully saturated rings. The van der Waals surface area contributed by atoms with Gasteiger partial charge >= 0.3 is 0 Å². The van der Waals surface area contributed by atoms with Crippen LogP contribution in [0.15, 0.2) is 18.2 Å². The highest BCUT2D eigenvalue weighted by Gasteiger charge is 2.51. The predicted octanol–water partition coefficient (Wildman–Crippen LogP) is 6.26. The quantitative estimate of drug-likeness (QED) is 0.323. The summed E-state index contributed by atoms with van der Waals surface area (Å²) in [5.74, 6) is 1.60. The Morgan fingerprint density at radius 1 is 0.913 bits per heavy atom. The van der Waals surface area contributed by atoms with Crippen molar-refractivity contribution in [1.82, 2.24) is 25.2 Å². The number of rotatable bonds is 5. The Balaban J connectivity index is 1.07. The molecule has 0 radical (unpaired) electrons. The number of likely N-dealkylation sites (tertiary alicyclic amines) is 1. The summed E-state index contributed by atoms with van der Waals surface area (Å²) in [6.07, 6.45) is 19.2. The van der Waals surface area contributed by atoms with Gasteiger partial charge in [-0.3, -0.25) is 20.4 Å². The molecular formula is C38H61N5O2S. The van der Waals surface area contributed by atoms with Gasteiger partial charge in [0.25, 0.3) is 0 Å². The Morgan fingerprint density at radius 3 is 2.52 bits per heavy atom. The first-order valence-electron chi connectivity index (χ1n) is 19.2. The third-order valence-electron chi connectivity index (χ3n) is 13.4. The first kappa shape index (κ1) is 32.5. The molecule has 3 saturated carbocycles. The van der Waals surface area contributed by atoms with Crippen LogP contribution in [0.25, 0.3) is 0 Å². The summed E-state index contributed by atoms with van der Waals surface area (Å²) >= 11 is 1.98. The van der Waals surface area contributed by atoms with Crippen molar-refractivity contribution in [2.75, 3.05) is 39.4 Å². The van der Waals surface area contributed by atoms with Crippen LogP contribution in [0.1, 0.15) is 113 Å². The molecule has 4 aliphatic heterocycles. The maximum Gasteiger partial charge on any atom is 0.123 e. The standard InChI is InChI=1S/C38H61N5O2S/c1-26-7-5-8-27(2)36(26)32-20-35-40-37(39-32)41-46-31-10-6-9-29(19-31)23-42(16-11-28-12-17-44-18-13-28)33-24-43(25-34(33)45-35)30-21-38(22-30)14-3-4-15-38/h5,7-8,28-35,37,39-41H,3-4,6,9-25H2,1-2H3/t29?,31?,32?,33-,34-,35?,37?/m1/s1. The van der Waals surface area contributed by atoms with Gasteiger partial charge in [-0.15, -0.1) is 0 Å². The molecular weight excluding hydrogens is 591 g/mol. The third kappa shape index (κ3) is 7.12. The first-order valence-corrected chi connectivity index (χ1v) is 20.1. The number of nitrogens with one attached hydrogen (secondary N) is 3. The molecule has 4 bridgehead atoms. The molecule has 4 saturated heterocycles. The lowest BCUT2D eigenvalue weighted by molar-refractivity contribution is -0.0841. The Kier molecular flexibility index (Phi) is 10.1. The van der Waals surface area contributed by atoms with Crippen molar-refractivity contribution < 1.29 is 9.47 Å². The monoisotopic (exact) mass is 651 g/mol. The van der Waals surface area contributed by atoms with Crippen LogP contribution >= 0.6 is 11.9 Å². The first-order chi connectivity index (χ1) is 22.5. The van der Waals surface area contributed by atoms with Gasteiger partial charge in [-0.1, -0.05) is 49.4 Å². The van der Waals surface area contributed by atoms with E-state index in [1.54, 1.807) is 0 Å². The topological polar surface area (TPSA) is 61.0 Å². The van der Waals surface area contributed by atoms with E-state index in [4.69, 9.17) is 9.47 Å². The van der Waals surface area contributed by atoms with E-state index in [0.717, 1.165) is 44.1 Å². The molecule has 4 heterocycles. The van der Waals surface area contributed by atoms with Gasteiger partial charge in [0.05, 0.1) is 6.10 Å². The third-order valence-corrected chi connectivity index (χ3v) is 14.5. The number of benzene rings is 1. The molecule has 3 N–H and O–H groups in total. The minimum atomic E-state index is 0.0239. The largest absolute Gasteiger partial charge is 0.381 e. The van der Waals surface area contributed by atoms with Gasteiger partial charge in [0.15, 0.2) is 0 Å². The average Bonchev–Trinajstić information content (AvgIpc) is 3.70. The van der Waals surface area contributed by atoms with E-state index >= 15 is 0 Å². The fourth-order valence-corrected chi connectivity index (χ4v) is 11.9. The zero-order valence-corrected chi connectivity index (χ0v) is 29.5. The average molecular weight is 652 g/mol. The van der Waals surface area contributed by atoms with Crippen molar-refractivity contribution >= 4 is 11.9 Å². The van der Waals surface area contributed by atoms with E-state index in [0.29, 0.717) is 16.7 Å². The molecule has 0 amide bonds.